The van der Waals surface area contributed by atoms with Crippen LogP contribution in [-0.4, -0.2) is 50.3 Å². The molecule has 0 atom stereocenters. The second-order valence-electron chi connectivity index (χ2n) is 5.87. The highest BCUT2D eigenvalue weighted by Gasteiger charge is 2.22. The summed E-state index contributed by atoms with van der Waals surface area (Å²) >= 11 is 1.61. The van der Waals surface area contributed by atoms with E-state index in [0.717, 1.165) is 61.2 Å². The highest BCUT2D eigenvalue weighted by atomic mass is 32.1. The van der Waals surface area contributed by atoms with Crippen LogP contribution in [-0.2, 0) is 9.53 Å². The number of anilines is 1. The molecule has 3 rings (SSSR count). The molecule has 2 aromatic rings. The van der Waals surface area contributed by atoms with Crippen molar-refractivity contribution in [1.29, 1.82) is 0 Å². The zero-order chi connectivity index (χ0) is 16.1. The number of para-hydroxylation sites is 1. The Morgan fingerprint density at radius 1 is 1.35 bits per heavy atom. The minimum atomic E-state index is 0.180. The summed E-state index contributed by atoms with van der Waals surface area (Å²) < 4.78 is 6.54. The molecule has 124 valence electrons. The summed E-state index contributed by atoms with van der Waals surface area (Å²) in [5, 5.41) is 0.831. The highest BCUT2D eigenvalue weighted by molar-refractivity contribution is 7.22. The molecule has 6 heteroatoms. The molecule has 0 radical (unpaired) electrons. The van der Waals surface area contributed by atoms with Gasteiger partial charge in [0.2, 0.25) is 5.91 Å². The molecule has 1 aromatic carbocycles. The van der Waals surface area contributed by atoms with Gasteiger partial charge in [-0.05, 0) is 18.6 Å². The quantitative estimate of drug-likeness (QED) is 0.867. The minimum Gasteiger partial charge on any atom is -0.370 e. The van der Waals surface area contributed by atoms with Crippen LogP contribution in [0.3, 0.4) is 0 Å². The molecule has 1 saturated heterocycles. The Morgan fingerprint density at radius 2 is 2.13 bits per heavy atom. The number of nitrogens with zero attached hydrogens (tertiary/aromatic N) is 2. The van der Waals surface area contributed by atoms with Gasteiger partial charge in [-0.3, -0.25) is 9.69 Å². The number of fused-ring (bicyclic) bond motifs is 1. The van der Waals surface area contributed by atoms with Gasteiger partial charge in [-0.15, -0.1) is 0 Å². The first-order chi connectivity index (χ1) is 11.3. The van der Waals surface area contributed by atoms with Gasteiger partial charge < -0.3 is 9.64 Å². The van der Waals surface area contributed by atoms with E-state index in [1.165, 1.54) is 4.90 Å². The number of hydrogen-bond acceptors (Lipinski definition) is 4. The third-order valence-corrected chi connectivity index (χ3v) is 5.23. The van der Waals surface area contributed by atoms with Gasteiger partial charge in [0.15, 0.2) is 5.13 Å². The normalized spacial score (nSPS) is 15.9. The molecule has 0 bridgehead atoms. The van der Waals surface area contributed by atoms with Crippen molar-refractivity contribution in [1.82, 2.24) is 4.98 Å². The van der Waals surface area contributed by atoms with Crippen LogP contribution in [0.4, 0.5) is 5.13 Å². The minimum absolute atomic E-state index is 0.180. The van der Waals surface area contributed by atoms with Crippen LogP contribution in [0.25, 0.3) is 10.2 Å². The first-order valence-corrected chi connectivity index (χ1v) is 9.17. The third kappa shape index (κ3) is 4.07. The summed E-state index contributed by atoms with van der Waals surface area (Å²) in [5.74, 6) is 0.180. The van der Waals surface area contributed by atoms with Crippen molar-refractivity contribution >= 4 is 32.6 Å². The lowest BCUT2D eigenvalue weighted by atomic mass is 10.3. The van der Waals surface area contributed by atoms with Gasteiger partial charge >= 0.3 is 0 Å². The van der Waals surface area contributed by atoms with E-state index >= 15 is 0 Å². The average molecular weight is 334 g/mol. The Bertz CT molecular complexity index is 619. The van der Waals surface area contributed by atoms with Gasteiger partial charge in [-0.2, -0.15) is 0 Å². The maximum atomic E-state index is 12.6. The molecule has 1 aliphatic heterocycles. The first kappa shape index (κ1) is 16.4. The fraction of sp³-hybridized carbons (Fsp3) is 0.529. The van der Waals surface area contributed by atoms with Gasteiger partial charge in [0, 0.05) is 6.42 Å². The molecule has 0 saturated carbocycles. The van der Waals surface area contributed by atoms with Crippen molar-refractivity contribution < 1.29 is 14.4 Å². The molecule has 0 aliphatic carbocycles. The number of hydrogen-bond donors (Lipinski definition) is 1. The van der Waals surface area contributed by atoms with Crippen LogP contribution in [0.2, 0.25) is 0 Å². The third-order valence-electron chi connectivity index (χ3n) is 4.17. The summed E-state index contributed by atoms with van der Waals surface area (Å²) in [6.07, 6.45) is 1.44. The van der Waals surface area contributed by atoms with Gasteiger partial charge in [-0.25, -0.2) is 4.98 Å². The average Bonchev–Trinajstić information content (AvgIpc) is 3.00. The summed E-state index contributed by atoms with van der Waals surface area (Å²) in [6.45, 7) is 7.41. The summed E-state index contributed by atoms with van der Waals surface area (Å²) in [7, 11) is 0. The predicted molar refractivity (Wildman–Crippen MR) is 93.3 cm³/mol. The van der Waals surface area contributed by atoms with E-state index in [9.17, 15) is 4.79 Å². The molecule has 1 N–H and O–H groups in total. The Balaban J connectivity index is 1.75. The summed E-state index contributed by atoms with van der Waals surface area (Å²) in [4.78, 5) is 20.6. The molecule has 23 heavy (non-hydrogen) atoms. The molecule has 5 nitrogen and oxygen atoms in total. The fourth-order valence-electron chi connectivity index (χ4n) is 2.83. The Hall–Kier alpha value is -1.50. The Morgan fingerprint density at radius 3 is 2.87 bits per heavy atom. The molecule has 2 heterocycles. The van der Waals surface area contributed by atoms with Gasteiger partial charge in [0.05, 0.1) is 36.5 Å². The van der Waals surface area contributed by atoms with Crippen molar-refractivity contribution in [2.45, 2.75) is 19.8 Å². The number of carbonyl (C=O) groups excluding carboxylic acids is 1. The maximum Gasteiger partial charge on any atom is 0.228 e. The number of carbonyl (C=O) groups is 1. The van der Waals surface area contributed by atoms with Crippen LogP contribution in [0, 0.1) is 0 Å². The van der Waals surface area contributed by atoms with E-state index in [4.69, 9.17) is 4.74 Å². The van der Waals surface area contributed by atoms with Gasteiger partial charge in [0.1, 0.15) is 13.1 Å². The second-order valence-corrected chi connectivity index (χ2v) is 6.88. The van der Waals surface area contributed by atoms with Gasteiger partial charge in [0.25, 0.3) is 0 Å². The lowest BCUT2D eigenvalue weighted by Gasteiger charge is -2.26. The molecule has 1 aromatic heterocycles. The summed E-state index contributed by atoms with van der Waals surface area (Å²) in [5.41, 5.74) is 0.973. The van der Waals surface area contributed by atoms with E-state index in [-0.39, 0.29) is 5.91 Å². The number of rotatable bonds is 6. The Kier molecular flexibility index (Phi) is 5.59. The number of benzene rings is 1. The molecule has 0 spiro atoms. The van der Waals surface area contributed by atoms with Crippen molar-refractivity contribution in [3.63, 3.8) is 0 Å². The van der Waals surface area contributed by atoms with Crippen molar-refractivity contribution in [3.05, 3.63) is 24.3 Å². The molecular formula is C17H24N3O2S+. The predicted octanol–water partition coefficient (Wildman–Crippen LogP) is 1.34. The van der Waals surface area contributed by atoms with Crippen LogP contribution >= 0.6 is 11.3 Å². The Labute approximate surface area is 140 Å². The van der Waals surface area contributed by atoms with E-state index in [1.54, 1.807) is 11.3 Å². The number of ether oxygens (including phenoxy) is 1. The molecule has 0 unspecified atom stereocenters. The van der Waals surface area contributed by atoms with E-state index < -0.39 is 0 Å². The molecule has 1 fully saturated rings. The standard InChI is InChI=1S/C17H23N3O2S/c1-2-5-16(21)20(9-8-19-10-12-22-13-11-19)17-18-14-6-3-4-7-15(14)23-17/h3-4,6-7H,2,5,8-13H2,1H3/p+1. The van der Waals surface area contributed by atoms with Crippen LogP contribution < -0.4 is 9.80 Å². The van der Waals surface area contributed by atoms with Crippen molar-refractivity contribution in [3.8, 4) is 0 Å². The van der Waals surface area contributed by atoms with E-state index in [0.29, 0.717) is 6.42 Å². The monoisotopic (exact) mass is 334 g/mol. The summed E-state index contributed by atoms with van der Waals surface area (Å²) in [6, 6.07) is 8.07. The topological polar surface area (TPSA) is 46.9 Å². The van der Waals surface area contributed by atoms with Gasteiger partial charge in [-0.1, -0.05) is 30.4 Å². The van der Waals surface area contributed by atoms with Crippen LogP contribution in [0.5, 0.6) is 0 Å². The zero-order valence-corrected chi connectivity index (χ0v) is 14.4. The number of aromatic nitrogens is 1. The largest absolute Gasteiger partial charge is 0.370 e. The van der Waals surface area contributed by atoms with Crippen LogP contribution in [0.1, 0.15) is 19.8 Å². The molecule has 1 amide bonds. The van der Waals surface area contributed by atoms with Crippen LogP contribution in [0.15, 0.2) is 24.3 Å². The number of amides is 1. The molecular weight excluding hydrogens is 310 g/mol. The number of quaternary nitrogens is 1. The fourth-order valence-corrected chi connectivity index (χ4v) is 3.84. The lowest BCUT2D eigenvalue weighted by molar-refractivity contribution is -0.906. The SMILES string of the molecule is CCCC(=O)N(CC[NH+]1CCOCC1)c1nc2ccccc2s1. The maximum absolute atomic E-state index is 12.6. The number of nitrogens with one attached hydrogen (secondary N) is 1. The molecule has 1 aliphatic rings. The second kappa shape index (κ2) is 7.86. The lowest BCUT2D eigenvalue weighted by Crippen LogP contribution is -3.14. The number of morpholine rings is 1. The van der Waals surface area contributed by atoms with Crippen molar-refractivity contribution in [2.75, 3.05) is 44.3 Å². The first-order valence-electron chi connectivity index (χ1n) is 8.35. The van der Waals surface area contributed by atoms with E-state index in [2.05, 4.69) is 11.1 Å². The highest BCUT2D eigenvalue weighted by Crippen LogP contribution is 2.28. The smallest absolute Gasteiger partial charge is 0.228 e. The van der Waals surface area contributed by atoms with E-state index in [1.807, 2.05) is 30.0 Å². The zero-order valence-electron chi connectivity index (χ0n) is 13.6. The number of thiazole rings is 1. The van der Waals surface area contributed by atoms with Crippen molar-refractivity contribution in [2.24, 2.45) is 0 Å².